The summed E-state index contributed by atoms with van der Waals surface area (Å²) in [5.74, 6) is 2.47. The maximum absolute atomic E-state index is 10.2. The normalized spacial score (nSPS) is 18.7. The van der Waals surface area contributed by atoms with Crippen molar-refractivity contribution in [1.82, 2.24) is 4.90 Å². The van der Waals surface area contributed by atoms with Gasteiger partial charge < -0.3 is 41.4 Å². The Balaban J connectivity index is 0.00000338. The summed E-state index contributed by atoms with van der Waals surface area (Å²) in [6.07, 6.45) is 2.01. The second-order valence-corrected chi connectivity index (χ2v) is 6.71. The van der Waals surface area contributed by atoms with Gasteiger partial charge in [0.1, 0.15) is 0 Å². The molecule has 6 nitrogen and oxygen atoms in total. The third-order valence-electron chi connectivity index (χ3n) is 4.51. The first-order valence-corrected chi connectivity index (χ1v) is 8.84. The first-order valence-electron chi connectivity index (χ1n) is 8.84. The molecule has 1 N–H and O–H groups in total. The minimum atomic E-state index is -0.479. The molecule has 1 fully saturated rings. The zero-order valence-corrected chi connectivity index (χ0v) is 16.9. The van der Waals surface area contributed by atoms with E-state index in [1.807, 2.05) is 12.1 Å². The number of ether oxygens (including phenoxy) is 4. The number of aliphatic hydroxyl groups is 1. The number of halogens is 1. The van der Waals surface area contributed by atoms with Crippen LogP contribution in [0.25, 0.3) is 0 Å². The fourth-order valence-electron chi connectivity index (χ4n) is 3.33. The number of aliphatic hydroxyl groups excluding tert-OH is 1. The molecule has 2 unspecified atom stereocenters. The van der Waals surface area contributed by atoms with E-state index in [-0.39, 0.29) is 12.4 Å². The van der Waals surface area contributed by atoms with Crippen LogP contribution < -0.4 is 26.6 Å². The summed E-state index contributed by atoms with van der Waals surface area (Å²) < 4.78 is 21.7. The van der Waals surface area contributed by atoms with Gasteiger partial charge >= 0.3 is 0 Å². The molecule has 0 amide bonds. The first kappa shape index (κ1) is 22.8. The van der Waals surface area contributed by atoms with Crippen LogP contribution in [0.5, 0.6) is 17.2 Å². The van der Waals surface area contributed by atoms with Crippen molar-refractivity contribution >= 4 is 0 Å². The Morgan fingerprint density at radius 1 is 1.15 bits per heavy atom. The molecule has 1 aliphatic rings. The highest BCUT2D eigenvalue weighted by Gasteiger charge is 2.19. The van der Waals surface area contributed by atoms with E-state index in [9.17, 15) is 5.11 Å². The second kappa shape index (κ2) is 11.5. The van der Waals surface area contributed by atoms with Crippen LogP contribution in [0.15, 0.2) is 12.1 Å². The third-order valence-corrected chi connectivity index (χ3v) is 4.51. The van der Waals surface area contributed by atoms with Crippen molar-refractivity contribution in [2.24, 2.45) is 5.92 Å². The molecule has 1 aliphatic heterocycles. The van der Waals surface area contributed by atoms with Gasteiger partial charge in [-0.15, -0.1) is 0 Å². The molecule has 1 heterocycles. The average molecular weight is 389 g/mol. The van der Waals surface area contributed by atoms with E-state index in [0.29, 0.717) is 42.9 Å². The lowest BCUT2D eigenvalue weighted by atomic mass is 10.0. The highest BCUT2D eigenvalue weighted by molar-refractivity contribution is 5.53. The first-order chi connectivity index (χ1) is 12.1. The van der Waals surface area contributed by atoms with E-state index in [0.717, 1.165) is 18.7 Å². The van der Waals surface area contributed by atoms with Crippen molar-refractivity contribution in [1.29, 1.82) is 0 Å². The Morgan fingerprint density at radius 2 is 1.81 bits per heavy atom. The molecule has 7 heteroatoms. The molecule has 0 radical (unpaired) electrons. The largest absolute Gasteiger partial charge is 1.00 e. The monoisotopic (exact) mass is 388 g/mol. The van der Waals surface area contributed by atoms with Crippen molar-refractivity contribution in [2.45, 2.75) is 32.5 Å². The van der Waals surface area contributed by atoms with Crippen molar-refractivity contribution in [3.05, 3.63) is 17.7 Å². The number of benzene rings is 1. The van der Waals surface area contributed by atoms with Crippen LogP contribution in [0.3, 0.4) is 0 Å². The van der Waals surface area contributed by atoms with E-state index in [4.69, 9.17) is 18.9 Å². The summed E-state index contributed by atoms with van der Waals surface area (Å²) in [4.78, 5) is 2.32. The zero-order chi connectivity index (χ0) is 18.2. The van der Waals surface area contributed by atoms with E-state index < -0.39 is 6.10 Å². The van der Waals surface area contributed by atoms with Gasteiger partial charge in [0.05, 0.1) is 40.6 Å². The molecule has 26 heavy (non-hydrogen) atoms. The van der Waals surface area contributed by atoms with Gasteiger partial charge in [0.2, 0.25) is 5.75 Å². The minimum absolute atomic E-state index is 0. The number of hydrogen-bond donors (Lipinski definition) is 1. The Labute approximate surface area is 162 Å². The number of methoxy groups -OCH3 is 3. The molecule has 1 aromatic rings. The molecule has 0 aliphatic carbocycles. The number of β-amino-alcohol motifs (C(OH)–C–C–N with tert-alkyl or cyclic N) is 1. The Bertz CT molecular complexity index is 518. The number of likely N-dealkylation sites (tertiary alicyclic amines) is 1. The molecule has 0 aromatic heterocycles. The number of hydrogen-bond acceptors (Lipinski definition) is 6. The van der Waals surface area contributed by atoms with E-state index in [1.165, 1.54) is 12.8 Å². The summed E-state index contributed by atoms with van der Waals surface area (Å²) >= 11 is 0. The van der Waals surface area contributed by atoms with Crippen LogP contribution in [0.4, 0.5) is 0 Å². The van der Waals surface area contributed by atoms with Crippen LogP contribution in [0.1, 0.15) is 25.3 Å². The van der Waals surface area contributed by atoms with E-state index >= 15 is 0 Å². The lowest BCUT2D eigenvalue weighted by Gasteiger charge is -2.32. The van der Waals surface area contributed by atoms with Crippen molar-refractivity contribution in [2.75, 3.05) is 47.6 Å². The van der Waals surface area contributed by atoms with Gasteiger partial charge in [-0.05, 0) is 43.0 Å². The SMILES string of the molecule is COc1cc(COCC(O)CN2CCCC(C)C2)cc(OC)c1OC.[Cl-]. The van der Waals surface area contributed by atoms with Crippen LogP contribution in [-0.4, -0.2) is 63.7 Å². The Morgan fingerprint density at radius 3 is 2.35 bits per heavy atom. The predicted molar refractivity (Wildman–Crippen MR) is 96.6 cm³/mol. The van der Waals surface area contributed by atoms with Gasteiger partial charge in [-0.2, -0.15) is 0 Å². The van der Waals surface area contributed by atoms with Gasteiger partial charge in [0, 0.05) is 13.1 Å². The van der Waals surface area contributed by atoms with Gasteiger partial charge in [0.15, 0.2) is 11.5 Å². The minimum Gasteiger partial charge on any atom is -1.00 e. The van der Waals surface area contributed by atoms with Gasteiger partial charge in [-0.1, -0.05) is 6.92 Å². The van der Waals surface area contributed by atoms with Crippen LogP contribution in [0.2, 0.25) is 0 Å². The highest BCUT2D eigenvalue weighted by atomic mass is 35.5. The predicted octanol–water partition coefficient (Wildman–Crippen LogP) is -0.674. The van der Waals surface area contributed by atoms with Gasteiger partial charge in [-0.25, -0.2) is 0 Å². The number of nitrogens with zero attached hydrogens (tertiary/aromatic N) is 1. The third kappa shape index (κ3) is 6.50. The van der Waals surface area contributed by atoms with E-state index in [2.05, 4.69) is 11.8 Å². The average Bonchev–Trinajstić information content (AvgIpc) is 2.60. The standard InChI is InChI=1S/C19H31NO5.ClH/c1-14-6-5-7-20(10-14)11-16(21)13-25-12-15-8-17(22-2)19(24-4)18(9-15)23-3;/h8-9,14,16,21H,5-7,10-13H2,1-4H3;1H/p-1. The van der Waals surface area contributed by atoms with Gasteiger partial charge in [-0.3, -0.25) is 0 Å². The van der Waals surface area contributed by atoms with Crippen LogP contribution in [0, 0.1) is 5.92 Å². The molecular formula is C19H31ClNO5-. The summed E-state index contributed by atoms with van der Waals surface area (Å²) in [7, 11) is 4.75. The van der Waals surface area contributed by atoms with Gasteiger partial charge in [0.25, 0.3) is 0 Å². The Hall–Kier alpha value is -1.21. The Kier molecular flexibility index (Phi) is 10.1. The molecular weight excluding hydrogens is 358 g/mol. The van der Waals surface area contributed by atoms with Crippen molar-refractivity contribution in [3.8, 4) is 17.2 Å². The summed E-state index contributed by atoms with van der Waals surface area (Å²) in [6, 6.07) is 3.72. The lowest BCUT2D eigenvalue weighted by molar-refractivity contribution is -0.0000232. The molecule has 1 saturated heterocycles. The molecule has 0 spiro atoms. The molecule has 0 saturated carbocycles. The maximum Gasteiger partial charge on any atom is 0.203 e. The van der Waals surface area contributed by atoms with E-state index in [1.54, 1.807) is 21.3 Å². The van der Waals surface area contributed by atoms with Crippen molar-refractivity contribution < 1.29 is 36.5 Å². The maximum atomic E-state index is 10.2. The second-order valence-electron chi connectivity index (χ2n) is 6.71. The number of piperidine rings is 1. The molecule has 2 atom stereocenters. The zero-order valence-electron chi connectivity index (χ0n) is 16.2. The van der Waals surface area contributed by atoms with Crippen LogP contribution in [-0.2, 0) is 11.3 Å². The summed E-state index contributed by atoms with van der Waals surface area (Å²) in [5, 5.41) is 10.2. The fraction of sp³-hybridized carbons (Fsp3) is 0.684. The summed E-state index contributed by atoms with van der Waals surface area (Å²) in [6.45, 7) is 5.74. The number of rotatable bonds is 9. The fourth-order valence-corrected chi connectivity index (χ4v) is 3.33. The van der Waals surface area contributed by atoms with Crippen molar-refractivity contribution in [3.63, 3.8) is 0 Å². The van der Waals surface area contributed by atoms with Crippen LogP contribution >= 0.6 is 0 Å². The highest BCUT2D eigenvalue weighted by Crippen LogP contribution is 2.38. The summed E-state index contributed by atoms with van der Waals surface area (Å²) in [5.41, 5.74) is 0.910. The molecule has 150 valence electrons. The topological polar surface area (TPSA) is 60.4 Å². The smallest absolute Gasteiger partial charge is 0.203 e. The quantitative estimate of drug-likeness (QED) is 0.605. The molecule has 2 rings (SSSR count). The molecule has 1 aromatic carbocycles. The molecule has 0 bridgehead atoms. The lowest BCUT2D eigenvalue weighted by Crippen LogP contribution is -3.00.